The standard InChI is InChI=1S/C24H31Cl2N3O5S/c1-6-16(2)27-24(31)17(3)28(14-18-7-10-20(34-4)11-8-18)23(30)15-29(35(5,32)33)19-9-12-21(25)22(26)13-19/h7-13,16-17H,6,14-15H2,1-5H3,(H,27,31)/t16-,17+/m0/s1. The van der Waals surface area contributed by atoms with Crippen molar-refractivity contribution in [1.82, 2.24) is 10.2 Å². The van der Waals surface area contributed by atoms with E-state index in [2.05, 4.69) is 5.32 Å². The summed E-state index contributed by atoms with van der Waals surface area (Å²) in [5.41, 5.74) is 0.944. The second-order valence-corrected chi connectivity index (χ2v) is 11.0. The average molecular weight is 545 g/mol. The van der Waals surface area contributed by atoms with Gasteiger partial charge in [0.15, 0.2) is 0 Å². The van der Waals surface area contributed by atoms with E-state index in [-0.39, 0.29) is 34.2 Å². The van der Waals surface area contributed by atoms with Crippen LogP contribution in [0.5, 0.6) is 5.75 Å². The van der Waals surface area contributed by atoms with Crippen LogP contribution in [0.3, 0.4) is 0 Å². The average Bonchev–Trinajstić information content (AvgIpc) is 2.81. The van der Waals surface area contributed by atoms with Crippen LogP contribution in [-0.4, -0.2) is 57.1 Å². The highest BCUT2D eigenvalue weighted by Crippen LogP contribution is 2.28. The predicted octanol–water partition coefficient (Wildman–Crippen LogP) is 4.10. The molecule has 0 aliphatic rings. The lowest BCUT2D eigenvalue weighted by Crippen LogP contribution is -2.52. The van der Waals surface area contributed by atoms with Crippen molar-refractivity contribution in [3.63, 3.8) is 0 Å². The fraction of sp³-hybridized carbons (Fsp3) is 0.417. The van der Waals surface area contributed by atoms with Crippen molar-refractivity contribution in [2.75, 3.05) is 24.2 Å². The topological polar surface area (TPSA) is 96.0 Å². The van der Waals surface area contributed by atoms with E-state index >= 15 is 0 Å². The van der Waals surface area contributed by atoms with Crippen molar-refractivity contribution in [3.8, 4) is 5.75 Å². The number of hydrogen-bond acceptors (Lipinski definition) is 5. The minimum atomic E-state index is -3.86. The summed E-state index contributed by atoms with van der Waals surface area (Å²) in [5.74, 6) is -0.233. The summed E-state index contributed by atoms with van der Waals surface area (Å²) in [4.78, 5) is 27.8. The largest absolute Gasteiger partial charge is 0.497 e. The lowest BCUT2D eigenvalue weighted by molar-refractivity contribution is -0.139. The molecule has 0 spiro atoms. The van der Waals surface area contributed by atoms with Gasteiger partial charge in [-0.15, -0.1) is 0 Å². The number of amides is 2. The molecule has 0 radical (unpaired) electrons. The summed E-state index contributed by atoms with van der Waals surface area (Å²) in [6, 6.07) is 10.4. The van der Waals surface area contributed by atoms with E-state index in [0.29, 0.717) is 5.75 Å². The van der Waals surface area contributed by atoms with Gasteiger partial charge in [0.05, 0.1) is 29.1 Å². The SMILES string of the molecule is CC[C@H](C)NC(=O)[C@@H](C)N(Cc1ccc(OC)cc1)C(=O)CN(c1ccc(Cl)c(Cl)c1)S(C)(=O)=O. The van der Waals surface area contributed by atoms with E-state index in [1.54, 1.807) is 38.3 Å². The first-order chi connectivity index (χ1) is 16.4. The number of hydrogen-bond donors (Lipinski definition) is 1. The molecule has 0 saturated carbocycles. The van der Waals surface area contributed by atoms with Gasteiger partial charge in [-0.05, 0) is 56.2 Å². The Hall–Kier alpha value is -2.49. The molecule has 35 heavy (non-hydrogen) atoms. The molecule has 2 rings (SSSR count). The van der Waals surface area contributed by atoms with E-state index in [4.69, 9.17) is 27.9 Å². The number of benzene rings is 2. The van der Waals surface area contributed by atoms with E-state index < -0.39 is 28.5 Å². The number of carbonyl (C=O) groups is 2. The van der Waals surface area contributed by atoms with E-state index in [1.165, 1.54) is 23.1 Å². The van der Waals surface area contributed by atoms with Gasteiger partial charge in [0.1, 0.15) is 18.3 Å². The molecule has 0 fully saturated rings. The monoisotopic (exact) mass is 543 g/mol. The van der Waals surface area contributed by atoms with Crippen LogP contribution in [0, 0.1) is 0 Å². The number of nitrogens with one attached hydrogen (secondary N) is 1. The van der Waals surface area contributed by atoms with Crippen LogP contribution in [0.2, 0.25) is 10.0 Å². The normalized spacial score (nSPS) is 13.0. The summed E-state index contributed by atoms with van der Waals surface area (Å²) >= 11 is 12.1. The van der Waals surface area contributed by atoms with Crippen LogP contribution in [0.1, 0.15) is 32.8 Å². The molecule has 0 aromatic heterocycles. The molecule has 11 heteroatoms. The van der Waals surface area contributed by atoms with Crippen LogP contribution >= 0.6 is 23.2 Å². The first-order valence-electron chi connectivity index (χ1n) is 11.0. The van der Waals surface area contributed by atoms with Crippen molar-refractivity contribution in [2.45, 2.75) is 45.8 Å². The van der Waals surface area contributed by atoms with E-state index in [0.717, 1.165) is 22.5 Å². The quantitative estimate of drug-likeness (QED) is 0.460. The van der Waals surface area contributed by atoms with Crippen LogP contribution in [0.15, 0.2) is 42.5 Å². The highest BCUT2D eigenvalue weighted by Gasteiger charge is 2.30. The van der Waals surface area contributed by atoms with Crippen LogP contribution in [0.25, 0.3) is 0 Å². The molecule has 0 aliphatic carbocycles. The summed E-state index contributed by atoms with van der Waals surface area (Å²) in [6.45, 7) is 5.00. The summed E-state index contributed by atoms with van der Waals surface area (Å²) in [7, 11) is -2.31. The molecular weight excluding hydrogens is 513 g/mol. The third kappa shape index (κ3) is 8.02. The van der Waals surface area contributed by atoms with Crippen LogP contribution in [-0.2, 0) is 26.2 Å². The molecule has 2 atom stereocenters. The summed E-state index contributed by atoms with van der Waals surface area (Å²) in [6.07, 6.45) is 1.72. The Morgan fingerprint density at radius 3 is 2.20 bits per heavy atom. The van der Waals surface area contributed by atoms with Gasteiger partial charge in [0.2, 0.25) is 21.8 Å². The fourth-order valence-corrected chi connectivity index (χ4v) is 4.36. The number of anilines is 1. The van der Waals surface area contributed by atoms with Crippen molar-refractivity contribution >= 4 is 50.7 Å². The lowest BCUT2D eigenvalue weighted by Gasteiger charge is -2.32. The fourth-order valence-electron chi connectivity index (χ4n) is 3.23. The predicted molar refractivity (Wildman–Crippen MR) is 140 cm³/mol. The zero-order valence-electron chi connectivity index (χ0n) is 20.4. The number of rotatable bonds is 11. The number of methoxy groups -OCH3 is 1. The minimum absolute atomic E-state index is 0.0772. The van der Waals surface area contributed by atoms with Gasteiger partial charge < -0.3 is 15.0 Å². The highest BCUT2D eigenvalue weighted by molar-refractivity contribution is 7.92. The Labute approximate surface area is 217 Å². The Balaban J connectivity index is 2.40. The van der Waals surface area contributed by atoms with Crippen molar-refractivity contribution in [2.24, 2.45) is 0 Å². The number of nitrogens with zero attached hydrogens (tertiary/aromatic N) is 2. The van der Waals surface area contributed by atoms with Gasteiger partial charge in [-0.1, -0.05) is 42.3 Å². The molecule has 2 aromatic rings. The molecule has 0 saturated heterocycles. The van der Waals surface area contributed by atoms with Crippen molar-refractivity contribution in [1.29, 1.82) is 0 Å². The van der Waals surface area contributed by atoms with E-state index in [1.807, 2.05) is 13.8 Å². The molecule has 0 heterocycles. The maximum absolute atomic E-state index is 13.5. The van der Waals surface area contributed by atoms with Crippen molar-refractivity contribution in [3.05, 3.63) is 58.1 Å². The van der Waals surface area contributed by atoms with Gasteiger partial charge >= 0.3 is 0 Å². The molecule has 2 amide bonds. The zero-order chi connectivity index (χ0) is 26.3. The van der Waals surface area contributed by atoms with Gasteiger partial charge in [0.25, 0.3) is 0 Å². The molecule has 2 aromatic carbocycles. The first kappa shape index (κ1) is 28.7. The minimum Gasteiger partial charge on any atom is -0.497 e. The number of sulfonamides is 1. The Morgan fingerprint density at radius 2 is 1.69 bits per heavy atom. The van der Waals surface area contributed by atoms with Gasteiger partial charge in [-0.3, -0.25) is 13.9 Å². The smallest absolute Gasteiger partial charge is 0.244 e. The van der Waals surface area contributed by atoms with Gasteiger partial charge in [0, 0.05) is 12.6 Å². The second kappa shape index (κ2) is 12.5. The summed E-state index contributed by atoms with van der Waals surface area (Å²) < 4.78 is 31.3. The Kier molecular flexibility index (Phi) is 10.2. The molecule has 8 nitrogen and oxygen atoms in total. The molecular formula is C24H31Cl2N3O5S. The Bertz CT molecular complexity index is 1140. The van der Waals surface area contributed by atoms with Crippen molar-refractivity contribution < 1.29 is 22.7 Å². The van der Waals surface area contributed by atoms with Crippen LogP contribution < -0.4 is 14.4 Å². The maximum Gasteiger partial charge on any atom is 0.244 e. The second-order valence-electron chi connectivity index (χ2n) is 8.23. The third-order valence-electron chi connectivity index (χ3n) is 5.55. The molecule has 0 aliphatic heterocycles. The molecule has 0 unspecified atom stereocenters. The van der Waals surface area contributed by atoms with Gasteiger partial charge in [-0.25, -0.2) is 8.42 Å². The van der Waals surface area contributed by atoms with Crippen LogP contribution in [0.4, 0.5) is 5.69 Å². The first-order valence-corrected chi connectivity index (χ1v) is 13.6. The summed E-state index contributed by atoms with van der Waals surface area (Å²) in [5, 5.41) is 3.29. The third-order valence-corrected chi connectivity index (χ3v) is 7.43. The number of halogens is 2. The zero-order valence-corrected chi connectivity index (χ0v) is 22.7. The Morgan fingerprint density at radius 1 is 1.06 bits per heavy atom. The maximum atomic E-state index is 13.5. The van der Waals surface area contributed by atoms with Gasteiger partial charge in [-0.2, -0.15) is 0 Å². The molecule has 0 bridgehead atoms. The number of ether oxygens (including phenoxy) is 1. The number of carbonyl (C=O) groups excluding carboxylic acids is 2. The highest BCUT2D eigenvalue weighted by atomic mass is 35.5. The lowest BCUT2D eigenvalue weighted by atomic mass is 10.1. The molecule has 1 N–H and O–H groups in total. The van der Waals surface area contributed by atoms with E-state index in [9.17, 15) is 18.0 Å². The molecule has 192 valence electrons.